The Kier molecular flexibility index (Phi) is 9.39. The molecule has 3 N–H and O–H groups in total. The van der Waals surface area contributed by atoms with Crippen LogP contribution in [0.25, 0.3) is 0 Å². The summed E-state index contributed by atoms with van der Waals surface area (Å²) in [5, 5.41) is 29.9. The number of aryl methyl sites for hydroxylation is 1. The number of amides is 3. The molecule has 2 aromatic carbocycles. The van der Waals surface area contributed by atoms with Crippen molar-refractivity contribution in [2.75, 3.05) is 47.1 Å². The van der Waals surface area contributed by atoms with Crippen LogP contribution in [0.15, 0.2) is 42.5 Å². The topological polar surface area (TPSA) is 114 Å². The molecule has 230 valence electrons. The Hall–Kier alpha value is -3.35. The number of hydrogen-bond donors (Lipinski definition) is 3. The molecule has 0 bridgehead atoms. The van der Waals surface area contributed by atoms with Crippen LogP contribution >= 0.6 is 0 Å². The van der Waals surface area contributed by atoms with Crippen LogP contribution in [0.3, 0.4) is 0 Å². The highest BCUT2D eigenvalue weighted by Gasteiger charge is 2.56. The summed E-state index contributed by atoms with van der Waals surface area (Å²) in [6, 6.07) is 7.91. The molecule has 2 fully saturated rings. The monoisotopic (exact) mass is 593 g/mol. The maximum Gasteiger partial charge on any atom is 0.416 e. The minimum Gasteiger partial charge on any atom is -0.497 e. The van der Waals surface area contributed by atoms with E-state index in [9.17, 15) is 38.1 Å². The van der Waals surface area contributed by atoms with Crippen molar-refractivity contribution in [1.29, 1.82) is 0 Å². The van der Waals surface area contributed by atoms with Crippen molar-refractivity contribution in [2.45, 2.75) is 50.5 Å². The van der Waals surface area contributed by atoms with Crippen molar-refractivity contribution in [2.24, 2.45) is 5.41 Å². The zero-order valence-electron chi connectivity index (χ0n) is 24.0. The maximum atomic E-state index is 14.2. The summed E-state index contributed by atoms with van der Waals surface area (Å²) in [6.07, 6.45) is -3.99. The molecule has 0 radical (unpaired) electrons. The molecule has 4 rings (SSSR count). The Morgan fingerprint density at radius 1 is 1.12 bits per heavy atom. The molecule has 0 aliphatic carbocycles. The summed E-state index contributed by atoms with van der Waals surface area (Å²) in [5.41, 5.74) is -0.169. The first-order valence-electron chi connectivity index (χ1n) is 13.9. The predicted molar refractivity (Wildman–Crippen MR) is 148 cm³/mol. The van der Waals surface area contributed by atoms with Gasteiger partial charge >= 0.3 is 12.2 Å². The number of benzene rings is 2. The van der Waals surface area contributed by atoms with E-state index < -0.39 is 47.9 Å². The molecule has 0 spiro atoms. The lowest BCUT2D eigenvalue weighted by atomic mass is 9.77. The van der Waals surface area contributed by atoms with Gasteiger partial charge in [-0.05, 0) is 61.1 Å². The van der Waals surface area contributed by atoms with Gasteiger partial charge in [0, 0.05) is 33.4 Å². The predicted octanol–water partition coefficient (Wildman–Crippen LogP) is 3.52. The molecule has 3 unspecified atom stereocenters. The number of alkyl halides is 3. The van der Waals surface area contributed by atoms with Crippen LogP contribution in [0.1, 0.15) is 53.6 Å². The van der Waals surface area contributed by atoms with E-state index in [0.717, 1.165) is 23.3 Å². The molecule has 9 nitrogen and oxygen atoms in total. The van der Waals surface area contributed by atoms with Gasteiger partial charge in [0.25, 0.3) is 0 Å². The van der Waals surface area contributed by atoms with Gasteiger partial charge in [-0.25, -0.2) is 4.79 Å². The molecular formula is C30H38F3N3O6. The van der Waals surface area contributed by atoms with Gasteiger partial charge in [0.2, 0.25) is 5.91 Å². The van der Waals surface area contributed by atoms with Gasteiger partial charge in [0.1, 0.15) is 5.75 Å². The first kappa shape index (κ1) is 31.6. The third-order valence-corrected chi connectivity index (χ3v) is 8.75. The van der Waals surface area contributed by atoms with Crippen LogP contribution in [0, 0.1) is 12.3 Å². The van der Waals surface area contributed by atoms with E-state index in [1.165, 1.54) is 25.1 Å². The van der Waals surface area contributed by atoms with Crippen LogP contribution in [-0.4, -0.2) is 95.1 Å². The lowest BCUT2D eigenvalue weighted by Gasteiger charge is -2.47. The van der Waals surface area contributed by atoms with Gasteiger partial charge in [-0.1, -0.05) is 24.3 Å². The number of ether oxygens (including phenoxy) is 1. The molecule has 12 heteroatoms. The molecule has 0 saturated carbocycles. The fourth-order valence-electron chi connectivity index (χ4n) is 6.53. The highest BCUT2D eigenvalue weighted by molar-refractivity contribution is 5.86. The number of halogens is 3. The fourth-order valence-corrected chi connectivity index (χ4v) is 6.53. The van der Waals surface area contributed by atoms with Crippen LogP contribution in [-0.2, 0) is 11.0 Å². The minimum atomic E-state index is -4.66. The van der Waals surface area contributed by atoms with Crippen LogP contribution in [0.5, 0.6) is 5.75 Å². The van der Waals surface area contributed by atoms with Gasteiger partial charge in [0.05, 0.1) is 42.8 Å². The summed E-state index contributed by atoms with van der Waals surface area (Å²) >= 11 is 0. The summed E-state index contributed by atoms with van der Waals surface area (Å²) in [5.74, 6) is -0.224. The van der Waals surface area contributed by atoms with E-state index in [1.807, 2.05) is 31.2 Å². The number of rotatable bonds is 9. The molecule has 2 aliphatic rings. The van der Waals surface area contributed by atoms with Crippen molar-refractivity contribution in [3.63, 3.8) is 0 Å². The molecule has 3 atom stereocenters. The Labute approximate surface area is 243 Å². The lowest BCUT2D eigenvalue weighted by molar-refractivity contribution is -0.140. The number of likely N-dealkylation sites (N-methyl/N-ethyl adjacent to an activating group) is 1. The van der Waals surface area contributed by atoms with E-state index in [2.05, 4.69) is 0 Å². The number of carbonyl (C=O) groups is 2. The summed E-state index contributed by atoms with van der Waals surface area (Å²) in [6.45, 7) is 1.15. The summed E-state index contributed by atoms with van der Waals surface area (Å²) in [4.78, 5) is 32.4. The Balaban J connectivity index is 1.74. The highest BCUT2D eigenvalue weighted by Crippen LogP contribution is 2.49. The molecule has 0 aromatic heterocycles. The highest BCUT2D eigenvalue weighted by atomic mass is 19.4. The second kappa shape index (κ2) is 12.5. The molecule has 3 amide bonds. The number of aliphatic hydroxyl groups is 3. The van der Waals surface area contributed by atoms with E-state index in [-0.39, 0.29) is 56.4 Å². The average Bonchev–Trinajstić information content (AvgIpc) is 3.23. The number of urea groups is 1. The number of aliphatic hydroxyl groups excluding tert-OH is 3. The molecule has 2 aliphatic heterocycles. The number of methoxy groups -OCH3 is 1. The third kappa shape index (κ3) is 5.80. The van der Waals surface area contributed by atoms with Gasteiger partial charge in [0.15, 0.2) is 0 Å². The summed E-state index contributed by atoms with van der Waals surface area (Å²) in [7, 11) is 2.67. The van der Waals surface area contributed by atoms with E-state index in [4.69, 9.17) is 4.74 Å². The number of nitrogens with zero attached hydrogens (tertiary/aromatic N) is 3. The normalized spacial score (nSPS) is 20.8. The van der Waals surface area contributed by atoms with Crippen molar-refractivity contribution >= 4 is 11.9 Å². The van der Waals surface area contributed by atoms with Crippen LogP contribution in [0.2, 0.25) is 0 Å². The second-order valence-electron chi connectivity index (χ2n) is 11.1. The minimum absolute atomic E-state index is 0.0564. The average molecular weight is 594 g/mol. The van der Waals surface area contributed by atoms with E-state index >= 15 is 0 Å². The standard InChI is InChI=1S/C30H38F3N3O6/c1-19-6-4-5-7-23(19)26-24-17-29(8-12-37,9-13-38)27(40)35(24)10-11-36(26)28(41)34(2)25(18-39)20-14-21(30(31,32)33)16-22(15-20)42-3/h4-7,14-16,24-26,37-39H,8-13,17-18H2,1-3H3. The number of hydrogen-bond acceptors (Lipinski definition) is 6. The van der Waals surface area contributed by atoms with Crippen molar-refractivity contribution < 1.29 is 42.8 Å². The zero-order chi connectivity index (χ0) is 30.8. The Bertz CT molecular complexity index is 1280. The Morgan fingerprint density at radius 3 is 2.36 bits per heavy atom. The smallest absolute Gasteiger partial charge is 0.416 e. The molecule has 2 heterocycles. The quantitative estimate of drug-likeness (QED) is 0.410. The van der Waals surface area contributed by atoms with Crippen molar-refractivity contribution in [1.82, 2.24) is 14.7 Å². The van der Waals surface area contributed by atoms with Gasteiger partial charge in [-0.2, -0.15) is 13.2 Å². The number of fused-ring (bicyclic) bond motifs is 1. The van der Waals surface area contributed by atoms with Crippen LogP contribution < -0.4 is 4.74 Å². The van der Waals surface area contributed by atoms with Gasteiger partial charge in [-0.3, -0.25) is 4.79 Å². The Morgan fingerprint density at radius 2 is 1.79 bits per heavy atom. The second-order valence-corrected chi connectivity index (χ2v) is 11.1. The molecule has 42 heavy (non-hydrogen) atoms. The molecule has 2 aromatic rings. The lowest BCUT2D eigenvalue weighted by Crippen LogP contribution is -2.58. The maximum absolute atomic E-state index is 14.2. The number of carbonyl (C=O) groups excluding carboxylic acids is 2. The molecular weight excluding hydrogens is 555 g/mol. The third-order valence-electron chi connectivity index (χ3n) is 8.75. The zero-order valence-corrected chi connectivity index (χ0v) is 24.0. The first-order valence-corrected chi connectivity index (χ1v) is 13.9. The SMILES string of the molecule is COc1cc(C(CO)N(C)C(=O)N2CCN3C(=O)C(CCO)(CCO)CC3C2c2ccccc2C)cc(C(F)(F)F)c1. The van der Waals surface area contributed by atoms with Gasteiger partial charge < -0.3 is 34.8 Å². The largest absolute Gasteiger partial charge is 0.497 e. The van der Waals surface area contributed by atoms with Crippen LogP contribution in [0.4, 0.5) is 18.0 Å². The summed E-state index contributed by atoms with van der Waals surface area (Å²) < 4.78 is 46.0. The first-order chi connectivity index (χ1) is 19.9. The fraction of sp³-hybridized carbons (Fsp3) is 0.533. The van der Waals surface area contributed by atoms with E-state index in [0.29, 0.717) is 6.42 Å². The number of piperazine rings is 1. The molecule has 2 saturated heterocycles. The van der Waals surface area contributed by atoms with Crippen molar-refractivity contribution in [3.05, 3.63) is 64.7 Å². The van der Waals surface area contributed by atoms with Gasteiger partial charge in [-0.15, -0.1) is 0 Å². The van der Waals surface area contributed by atoms with E-state index in [1.54, 1.807) is 9.80 Å². The van der Waals surface area contributed by atoms with Crippen molar-refractivity contribution in [3.8, 4) is 5.75 Å².